The molecule has 0 radical (unpaired) electrons. The van der Waals surface area contributed by atoms with Gasteiger partial charge in [0.2, 0.25) is 11.8 Å². The molecule has 2 rings (SSSR count). The summed E-state index contributed by atoms with van der Waals surface area (Å²) >= 11 is 0. The molecule has 0 spiro atoms. The van der Waals surface area contributed by atoms with Crippen molar-refractivity contribution < 1.29 is 24.3 Å². The van der Waals surface area contributed by atoms with Crippen LogP contribution in [0.5, 0.6) is 0 Å². The van der Waals surface area contributed by atoms with E-state index in [9.17, 15) is 24.3 Å². The molecule has 4 amide bonds. The number of carbonyl (C=O) groups is 4. The fourth-order valence-corrected chi connectivity index (χ4v) is 2.67. The molecular formula is C17H23N5O5. The number of carboxylic acid groups (broad SMARTS) is 1. The van der Waals surface area contributed by atoms with Crippen molar-refractivity contribution in [3.8, 4) is 0 Å². The molecule has 27 heavy (non-hydrogen) atoms. The third-order valence-corrected chi connectivity index (χ3v) is 4.19. The van der Waals surface area contributed by atoms with E-state index >= 15 is 0 Å². The van der Waals surface area contributed by atoms with Crippen molar-refractivity contribution >= 4 is 30.0 Å². The summed E-state index contributed by atoms with van der Waals surface area (Å²) in [5, 5.41) is 11.4. The van der Waals surface area contributed by atoms with Crippen LogP contribution >= 0.6 is 0 Å². The molecule has 0 unspecified atom stereocenters. The Morgan fingerprint density at radius 3 is 2.78 bits per heavy atom. The zero-order valence-electron chi connectivity index (χ0n) is 15.1. The van der Waals surface area contributed by atoms with Crippen LogP contribution in [0.3, 0.4) is 0 Å². The second-order valence-corrected chi connectivity index (χ2v) is 6.26. The van der Waals surface area contributed by atoms with Crippen LogP contribution in [0.4, 0.5) is 4.79 Å². The molecule has 0 saturated carbocycles. The maximum Gasteiger partial charge on any atom is 0.330 e. The highest BCUT2D eigenvalue weighted by atomic mass is 16.4. The monoisotopic (exact) mass is 377 g/mol. The van der Waals surface area contributed by atoms with Gasteiger partial charge in [0, 0.05) is 31.1 Å². The number of hydrogen-bond acceptors (Lipinski definition) is 6. The molecule has 10 heteroatoms. The number of rotatable bonds is 10. The number of carbonyl (C=O) groups excluding carboxylic acids is 3. The van der Waals surface area contributed by atoms with E-state index in [4.69, 9.17) is 0 Å². The average Bonchev–Trinajstić information content (AvgIpc) is 3.12. The third kappa shape index (κ3) is 5.47. The van der Waals surface area contributed by atoms with Crippen molar-refractivity contribution in [2.24, 2.45) is 10.9 Å². The van der Waals surface area contributed by atoms with Crippen LogP contribution in [0.1, 0.15) is 38.3 Å². The molecular weight excluding hydrogens is 354 g/mol. The lowest BCUT2D eigenvalue weighted by atomic mass is 10.1. The number of amides is 4. The Hall–Kier alpha value is -3.04. The Bertz CT molecular complexity index is 715. The van der Waals surface area contributed by atoms with Gasteiger partial charge in [0.15, 0.2) is 12.0 Å². The molecule has 10 nitrogen and oxygen atoms in total. The average molecular weight is 377 g/mol. The highest BCUT2D eigenvalue weighted by Crippen LogP contribution is 2.12. The summed E-state index contributed by atoms with van der Waals surface area (Å²) in [6, 6.07) is -1.93. The van der Waals surface area contributed by atoms with Gasteiger partial charge in [-0.15, -0.1) is 0 Å². The number of barbiturate groups is 1. The normalized spacial score (nSPS) is 18.8. The van der Waals surface area contributed by atoms with Gasteiger partial charge in [0.25, 0.3) is 0 Å². The quantitative estimate of drug-likeness (QED) is 0.312. The first-order valence-corrected chi connectivity index (χ1v) is 8.83. The van der Waals surface area contributed by atoms with Gasteiger partial charge in [-0.25, -0.2) is 14.6 Å². The predicted octanol–water partition coefficient (Wildman–Crippen LogP) is 0.751. The number of hydrogen-bond donors (Lipinski definition) is 3. The molecule has 1 aliphatic heterocycles. The number of aliphatic carboxylic acids is 1. The lowest BCUT2D eigenvalue weighted by Gasteiger charge is -2.28. The van der Waals surface area contributed by atoms with Crippen molar-refractivity contribution in [3.05, 3.63) is 18.2 Å². The van der Waals surface area contributed by atoms with E-state index in [-0.39, 0.29) is 13.0 Å². The van der Waals surface area contributed by atoms with Crippen molar-refractivity contribution in [2.75, 3.05) is 6.54 Å². The van der Waals surface area contributed by atoms with E-state index in [1.165, 1.54) is 12.5 Å². The first-order valence-electron chi connectivity index (χ1n) is 8.83. The van der Waals surface area contributed by atoms with Gasteiger partial charge >= 0.3 is 12.0 Å². The van der Waals surface area contributed by atoms with Crippen LogP contribution in [0.25, 0.3) is 0 Å². The van der Waals surface area contributed by atoms with Gasteiger partial charge in [-0.05, 0) is 6.42 Å². The fourth-order valence-electron chi connectivity index (χ4n) is 2.67. The lowest BCUT2D eigenvalue weighted by Crippen LogP contribution is -2.58. The highest BCUT2D eigenvalue weighted by molar-refractivity contribution is 6.23. The molecule has 0 bridgehead atoms. The third-order valence-electron chi connectivity index (χ3n) is 4.19. The van der Waals surface area contributed by atoms with Crippen LogP contribution < -0.4 is 5.32 Å². The number of aromatic amines is 1. The summed E-state index contributed by atoms with van der Waals surface area (Å²) in [4.78, 5) is 59.3. The second kappa shape index (κ2) is 9.60. The predicted molar refractivity (Wildman–Crippen MR) is 95.1 cm³/mol. The van der Waals surface area contributed by atoms with Crippen molar-refractivity contribution in [3.63, 3.8) is 0 Å². The van der Waals surface area contributed by atoms with Crippen molar-refractivity contribution in [1.29, 1.82) is 0 Å². The maximum absolute atomic E-state index is 12.5. The Balaban J connectivity index is 2.06. The van der Waals surface area contributed by atoms with E-state index < -0.39 is 35.8 Å². The zero-order chi connectivity index (χ0) is 19.8. The van der Waals surface area contributed by atoms with E-state index in [2.05, 4.69) is 20.3 Å². The number of urea groups is 1. The molecule has 1 fully saturated rings. The van der Waals surface area contributed by atoms with Crippen LogP contribution in [0, 0.1) is 5.92 Å². The molecule has 1 saturated heterocycles. The lowest BCUT2D eigenvalue weighted by molar-refractivity contribution is -0.140. The molecule has 2 atom stereocenters. The van der Waals surface area contributed by atoms with Crippen LogP contribution in [-0.2, 0) is 20.8 Å². The number of carboxylic acids is 1. The number of imide groups is 2. The first-order chi connectivity index (χ1) is 12.9. The molecule has 2 heterocycles. The van der Waals surface area contributed by atoms with Gasteiger partial charge < -0.3 is 10.1 Å². The van der Waals surface area contributed by atoms with Gasteiger partial charge in [0.05, 0.1) is 6.33 Å². The number of aromatic nitrogens is 2. The molecule has 0 aliphatic carbocycles. The van der Waals surface area contributed by atoms with Gasteiger partial charge in [0.1, 0.15) is 0 Å². The Morgan fingerprint density at radius 2 is 2.15 bits per heavy atom. The maximum atomic E-state index is 12.5. The van der Waals surface area contributed by atoms with Crippen molar-refractivity contribution in [1.82, 2.24) is 20.2 Å². The highest BCUT2D eigenvalue weighted by Gasteiger charge is 2.39. The minimum Gasteiger partial charge on any atom is -0.480 e. The van der Waals surface area contributed by atoms with Gasteiger partial charge in [-0.2, -0.15) is 0 Å². The van der Waals surface area contributed by atoms with Gasteiger partial charge in [-0.3, -0.25) is 24.8 Å². The van der Waals surface area contributed by atoms with E-state index in [1.54, 1.807) is 0 Å². The van der Waals surface area contributed by atoms with Crippen LogP contribution in [-0.4, -0.2) is 62.6 Å². The number of unbranched alkanes of at least 4 members (excludes halogenated alkanes) is 3. The number of H-pyrrole nitrogens is 1. The molecule has 0 aromatic carbocycles. The summed E-state index contributed by atoms with van der Waals surface area (Å²) in [5.41, 5.74) is 0.562. The summed E-state index contributed by atoms with van der Waals surface area (Å²) in [7, 11) is 0. The fraction of sp³-hybridized carbons (Fsp3) is 0.529. The molecule has 1 aromatic rings. The molecule has 3 N–H and O–H groups in total. The standard InChI is InChI=1S/C17H23N5O5/c1-2-3-4-5-6-22-15(24)12(14(23)21-17(22)27)9-19-13(16(25)26)7-11-8-18-10-20-11/h8-10,12-13H,2-7H2,1H3,(H,18,20)(H,25,26)(H,21,23,27)/t12-,13-/m1/s1. The second-order valence-electron chi connectivity index (χ2n) is 6.26. The zero-order valence-corrected chi connectivity index (χ0v) is 15.1. The van der Waals surface area contributed by atoms with Gasteiger partial charge in [-0.1, -0.05) is 26.2 Å². The minimum atomic E-state index is -1.32. The topological polar surface area (TPSA) is 145 Å². The van der Waals surface area contributed by atoms with Crippen LogP contribution in [0.15, 0.2) is 17.5 Å². The van der Waals surface area contributed by atoms with Crippen molar-refractivity contribution in [2.45, 2.75) is 45.1 Å². The minimum absolute atomic E-state index is 0.0357. The number of nitrogens with one attached hydrogen (secondary N) is 2. The summed E-state index contributed by atoms with van der Waals surface area (Å²) < 4.78 is 0. The molecule has 1 aromatic heterocycles. The number of nitrogens with zero attached hydrogens (tertiary/aromatic N) is 3. The Kier molecular flexibility index (Phi) is 7.21. The number of aliphatic imine (C=N–C) groups is 1. The van der Waals surface area contributed by atoms with E-state index in [0.717, 1.165) is 30.4 Å². The molecule has 146 valence electrons. The van der Waals surface area contributed by atoms with E-state index in [1.807, 2.05) is 6.92 Å². The van der Waals surface area contributed by atoms with Crippen LogP contribution in [0.2, 0.25) is 0 Å². The summed E-state index contributed by atoms with van der Waals surface area (Å²) in [6.45, 7) is 2.25. The summed E-state index contributed by atoms with van der Waals surface area (Å²) in [5.74, 6) is -4.01. The summed E-state index contributed by atoms with van der Waals surface area (Å²) in [6.07, 6.45) is 7.45. The Labute approximate surface area is 156 Å². The molecule has 1 aliphatic rings. The first kappa shape index (κ1) is 20.3. The smallest absolute Gasteiger partial charge is 0.330 e. The number of imidazole rings is 1. The Morgan fingerprint density at radius 1 is 1.37 bits per heavy atom. The van der Waals surface area contributed by atoms with E-state index in [0.29, 0.717) is 12.1 Å². The SMILES string of the molecule is CCCCCCN1C(=O)NC(=O)[C@@H](C=N[C@H](Cc2cnc[nH]2)C(=O)O)C1=O. The largest absolute Gasteiger partial charge is 0.480 e.